The van der Waals surface area contributed by atoms with Crippen LogP contribution in [0.25, 0.3) is 0 Å². The highest BCUT2D eigenvalue weighted by molar-refractivity contribution is 5.89. The van der Waals surface area contributed by atoms with E-state index in [1.165, 1.54) is 18.2 Å². The van der Waals surface area contributed by atoms with Gasteiger partial charge < -0.3 is 20.7 Å². The summed E-state index contributed by atoms with van der Waals surface area (Å²) < 4.78 is 18.1. The quantitative estimate of drug-likeness (QED) is 0.748. The molecule has 0 saturated heterocycles. The van der Waals surface area contributed by atoms with Crippen molar-refractivity contribution in [1.82, 2.24) is 10.6 Å². The first-order chi connectivity index (χ1) is 10.2. The Kier molecular flexibility index (Phi) is 6.15. The van der Waals surface area contributed by atoms with E-state index in [0.717, 1.165) is 0 Å². The lowest BCUT2D eigenvalue weighted by Gasteiger charge is -2.19. The van der Waals surface area contributed by atoms with E-state index in [4.69, 9.17) is 4.74 Å². The van der Waals surface area contributed by atoms with Crippen molar-refractivity contribution in [2.24, 2.45) is 0 Å². The van der Waals surface area contributed by atoms with E-state index in [9.17, 15) is 14.0 Å². The van der Waals surface area contributed by atoms with Crippen LogP contribution in [0.2, 0.25) is 0 Å². The topological polar surface area (TPSA) is 79.5 Å². The Morgan fingerprint density at radius 2 is 1.82 bits per heavy atom. The molecule has 0 fully saturated rings. The Balaban J connectivity index is 2.26. The SMILES string of the molecule is Cc1cc(NC(=O)NCCNC(=O)OC(C)(C)C)ccc1F. The van der Waals surface area contributed by atoms with Gasteiger partial charge in [-0.25, -0.2) is 14.0 Å². The first-order valence-electron chi connectivity index (χ1n) is 6.95. The zero-order valence-corrected chi connectivity index (χ0v) is 13.2. The molecule has 1 rings (SSSR count). The molecule has 0 radical (unpaired) electrons. The third kappa shape index (κ3) is 6.92. The number of carbonyl (C=O) groups excluding carboxylic acids is 2. The van der Waals surface area contributed by atoms with Crippen LogP contribution >= 0.6 is 0 Å². The van der Waals surface area contributed by atoms with Crippen molar-refractivity contribution in [3.05, 3.63) is 29.6 Å². The van der Waals surface area contributed by atoms with E-state index in [-0.39, 0.29) is 18.9 Å². The zero-order valence-electron chi connectivity index (χ0n) is 13.2. The minimum absolute atomic E-state index is 0.241. The number of hydrogen-bond donors (Lipinski definition) is 3. The molecule has 0 aliphatic heterocycles. The van der Waals surface area contributed by atoms with Gasteiger partial charge in [-0.3, -0.25) is 0 Å². The van der Waals surface area contributed by atoms with Crippen LogP contribution < -0.4 is 16.0 Å². The Morgan fingerprint density at radius 1 is 1.18 bits per heavy atom. The fourth-order valence-electron chi connectivity index (χ4n) is 1.55. The first kappa shape index (κ1) is 17.7. The van der Waals surface area contributed by atoms with Crippen LogP contribution in [-0.2, 0) is 4.74 Å². The molecule has 122 valence electrons. The number of carbonyl (C=O) groups is 2. The number of aryl methyl sites for hydroxylation is 1. The van der Waals surface area contributed by atoms with Crippen molar-refractivity contribution in [1.29, 1.82) is 0 Å². The van der Waals surface area contributed by atoms with Crippen molar-refractivity contribution in [3.8, 4) is 0 Å². The molecule has 3 N–H and O–H groups in total. The summed E-state index contributed by atoms with van der Waals surface area (Å²) in [5.74, 6) is -0.326. The van der Waals surface area contributed by atoms with Crippen molar-refractivity contribution in [3.63, 3.8) is 0 Å². The van der Waals surface area contributed by atoms with E-state index in [2.05, 4.69) is 16.0 Å². The molecular formula is C15H22FN3O3. The van der Waals surface area contributed by atoms with E-state index >= 15 is 0 Å². The predicted octanol–water partition coefficient (Wildman–Crippen LogP) is 2.78. The molecule has 0 bridgehead atoms. The summed E-state index contributed by atoms with van der Waals surface area (Å²) in [6.07, 6.45) is -0.538. The van der Waals surface area contributed by atoms with Gasteiger partial charge in [0.25, 0.3) is 0 Å². The van der Waals surface area contributed by atoms with E-state index in [1.54, 1.807) is 27.7 Å². The summed E-state index contributed by atoms with van der Waals surface area (Å²) in [5.41, 5.74) is 0.385. The van der Waals surface area contributed by atoms with Crippen molar-refractivity contribution < 1.29 is 18.7 Å². The first-order valence-corrected chi connectivity index (χ1v) is 6.95. The minimum atomic E-state index is -0.560. The summed E-state index contributed by atoms with van der Waals surface area (Å²) in [6, 6.07) is 3.86. The molecule has 7 heteroatoms. The van der Waals surface area contributed by atoms with Gasteiger partial charge in [-0.2, -0.15) is 0 Å². The van der Waals surface area contributed by atoms with Crippen molar-refractivity contribution in [2.45, 2.75) is 33.3 Å². The van der Waals surface area contributed by atoms with Gasteiger partial charge in [0.15, 0.2) is 0 Å². The maximum atomic E-state index is 13.1. The molecule has 0 spiro atoms. The van der Waals surface area contributed by atoms with Crippen LogP contribution in [0, 0.1) is 12.7 Å². The molecule has 1 aromatic rings. The van der Waals surface area contributed by atoms with E-state index < -0.39 is 17.7 Å². The van der Waals surface area contributed by atoms with Gasteiger partial charge >= 0.3 is 12.1 Å². The number of alkyl carbamates (subject to hydrolysis) is 1. The summed E-state index contributed by atoms with van der Waals surface area (Å²) in [4.78, 5) is 23.0. The average molecular weight is 311 g/mol. The van der Waals surface area contributed by atoms with Crippen LogP contribution in [0.3, 0.4) is 0 Å². The van der Waals surface area contributed by atoms with Gasteiger partial charge in [0.05, 0.1) is 0 Å². The molecule has 6 nitrogen and oxygen atoms in total. The summed E-state index contributed by atoms with van der Waals surface area (Å²) in [6.45, 7) is 7.40. The number of benzene rings is 1. The Labute approximate surface area is 129 Å². The standard InChI is InChI=1S/C15H22FN3O3/c1-10-9-11(5-6-12(10)16)19-13(20)17-7-8-18-14(21)22-15(2,3)4/h5-6,9H,7-8H2,1-4H3,(H,18,21)(H2,17,19,20). The number of rotatable bonds is 4. The predicted molar refractivity (Wildman–Crippen MR) is 82.4 cm³/mol. The lowest BCUT2D eigenvalue weighted by atomic mass is 10.2. The molecule has 1 aromatic carbocycles. The Morgan fingerprint density at radius 3 is 2.41 bits per heavy atom. The fraction of sp³-hybridized carbons (Fsp3) is 0.467. The van der Waals surface area contributed by atoms with Crippen LogP contribution in [0.4, 0.5) is 19.7 Å². The van der Waals surface area contributed by atoms with Crippen LogP contribution in [-0.4, -0.2) is 30.8 Å². The largest absolute Gasteiger partial charge is 0.444 e. The number of nitrogens with one attached hydrogen (secondary N) is 3. The van der Waals surface area contributed by atoms with Gasteiger partial charge in [0.1, 0.15) is 11.4 Å². The normalized spacial score (nSPS) is 10.8. The third-order valence-electron chi connectivity index (χ3n) is 2.49. The molecule has 0 saturated carbocycles. The number of hydrogen-bond acceptors (Lipinski definition) is 3. The molecule has 3 amide bonds. The zero-order chi connectivity index (χ0) is 16.8. The number of amides is 3. The van der Waals surface area contributed by atoms with Crippen molar-refractivity contribution >= 4 is 17.8 Å². The Bertz CT molecular complexity index is 541. The molecular weight excluding hydrogens is 289 g/mol. The maximum absolute atomic E-state index is 13.1. The Hall–Kier alpha value is -2.31. The van der Waals surface area contributed by atoms with E-state index in [0.29, 0.717) is 11.3 Å². The van der Waals surface area contributed by atoms with Gasteiger partial charge in [0.2, 0.25) is 0 Å². The molecule has 0 aliphatic rings. The van der Waals surface area contributed by atoms with Gasteiger partial charge in [0, 0.05) is 18.8 Å². The second-order valence-electron chi connectivity index (χ2n) is 5.77. The lowest BCUT2D eigenvalue weighted by molar-refractivity contribution is 0.0528. The van der Waals surface area contributed by atoms with E-state index in [1.807, 2.05) is 0 Å². The number of anilines is 1. The van der Waals surface area contributed by atoms with Crippen LogP contribution in [0.15, 0.2) is 18.2 Å². The van der Waals surface area contributed by atoms with Gasteiger partial charge in [-0.1, -0.05) is 0 Å². The molecule has 0 aliphatic carbocycles. The molecule has 0 heterocycles. The highest BCUT2D eigenvalue weighted by Gasteiger charge is 2.15. The third-order valence-corrected chi connectivity index (χ3v) is 2.49. The summed E-state index contributed by atoms with van der Waals surface area (Å²) in [7, 11) is 0. The molecule has 0 atom stereocenters. The number of ether oxygens (including phenoxy) is 1. The second kappa shape index (κ2) is 7.63. The summed E-state index contributed by atoms with van der Waals surface area (Å²) in [5, 5.41) is 7.67. The molecule has 0 unspecified atom stereocenters. The van der Waals surface area contributed by atoms with Crippen LogP contribution in [0.5, 0.6) is 0 Å². The second-order valence-corrected chi connectivity index (χ2v) is 5.77. The minimum Gasteiger partial charge on any atom is -0.444 e. The van der Waals surface area contributed by atoms with Crippen LogP contribution in [0.1, 0.15) is 26.3 Å². The highest BCUT2D eigenvalue weighted by Crippen LogP contribution is 2.13. The smallest absolute Gasteiger partial charge is 0.407 e. The van der Waals surface area contributed by atoms with Crippen molar-refractivity contribution in [2.75, 3.05) is 18.4 Å². The summed E-state index contributed by atoms with van der Waals surface area (Å²) >= 11 is 0. The molecule has 0 aromatic heterocycles. The number of urea groups is 1. The fourth-order valence-corrected chi connectivity index (χ4v) is 1.55. The average Bonchev–Trinajstić information content (AvgIpc) is 2.37. The molecule has 22 heavy (non-hydrogen) atoms. The highest BCUT2D eigenvalue weighted by atomic mass is 19.1. The lowest BCUT2D eigenvalue weighted by Crippen LogP contribution is -2.39. The monoisotopic (exact) mass is 311 g/mol. The maximum Gasteiger partial charge on any atom is 0.407 e. The van der Waals surface area contributed by atoms with Gasteiger partial charge in [-0.15, -0.1) is 0 Å². The number of halogens is 1. The van der Waals surface area contributed by atoms with Gasteiger partial charge in [-0.05, 0) is 51.5 Å².